The van der Waals surface area contributed by atoms with Crippen molar-refractivity contribution in [1.82, 2.24) is 10.9 Å². The van der Waals surface area contributed by atoms with Crippen LogP contribution in [0, 0.1) is 0 Å². The van der Waals surface area contributed by atoms with Gasteiger partial charge in [-0.1, -0.05) is 6.08 Å². The number of hydrazine groups is 1. The van der Waals surface area contributed by atoms with E-state index < -0.39 is 15.5 Å². The molecule has 0 bridgehead atoms. The lowest BCUT2D eigenvalue weighted by Crippen LogP contribution is -2.44. The molecule has 3 N–H and O–H groups in total. The summed E-state index contributed by atoms with van der Waals surface area (Å²) in [7, 11) is -3.95. The summed E-state index contributed by atoms with van der Waals surface area (Å²) < 4.78 is 29.3. The van der Waals surface area contributed by atoms with Crippen LogP contribution in [0.15, 0.2) is 12.3 Å². The van der Waals surface area contributed by atoms with Gasteiger partial charge >= 0.3 is 0 Å². The number of nitrogens with one attached hydrogen (secondary N) is 2. The Bertz CT molecular complexity index is 233. The van der Waals surface area contributed by atoms with Crippen LogP contribution in [0.2, 0.25) is 0 Å². The molecule has 5 nitrogen and oxygen atoms in total. The fourth-order valence-electron chi connectivity index (χ4n) is 0.647. The molecule has 0 fully saturated rings. The van der Waals surface area contributed by atoms with Gasteiger partial charge in [0.15, 0.2) is 5.37 Å². The van der Waals surface area contributed by atoms with Crippen LogP contribution < -0.4 is 10.9 Å². The summed E-state index contributed by atoms with van der Waals surface area (Å²) in [5, 5.41) is -0.919. The molecule has 0 aromatic heterocycles. The summed E-state index contributed by atoms with van der Waals surface area (Å²) in [6, 6.07) is 0. The molecule has 0 amide bonds. The van der Waals surface area contributed by atoms with Crippen molar-refractivity contribution < 1.29 is 13.0 Å². The predicted molar refractivity (Wildman–Crippen MR) is 35.4 cm³/mol. The Morgan fingerprint density at radius 3 is 2.60 bits per heavy atom. The van der Waals surface area contributed by atoms with Crippen LogP contribution in [0.5, 0.6) is 0 Å². The summed E-state index contributed by atoms with van der Waals surface area (Å²) in [5.41, 5.74) is 4.86. The normalized spacial score (nSPS) is 25.9. The Morgan fingerprint density at radius 1 is 1.60 bits per heavy atom. The molecule has 1 heterocycles. The Hall–Kier alpha value is -0.590. The Kier molecular flexibility index (Phi) is 1.93. The molecule has 0 aliphatic carbocycles. The molecule has 0 aromatic rings. The molecule has 58 valence electrons. The Morgan fingerprint density at radius 2 is 2.30 bits per heavy atom. The summed E-state index contributed by atoms with van der Waals surface area (Å²) in [4.78, 5) is 0. The number of hydrogen-bond donors (Lipinski definition) is 3. The van der Waals surface area contributed by atoms with E-state index in [0.717, 1.165) is 0 Å². The molecule has 1 aliphatic heterocycles. The van der Waals surface area contributed by atoms with E-state index in [0.29, 0.717) is 0 Å². The molecule has 6 heteroatoms. The SMILES string of the molecule is O=S(=O)(O)C1CC=CNN1. The van der Waals surface area contributed by atoms with Crippen molar-refractivity contribution >= 4 is 10.1 Å². The zero-order valence-corrected chi connectivity index (χ0v) is 5.93. The van der Waals surface area contributed by atoms with Gasteiger partial charge in [0.25, 0.3) is 10.1 Å². The largest absolute Gasteiger partial charge is 0.328 e. The predicted octanol–water partition coefficient (Wildman–Crippen LogP) is -0.788. The first-order valence-electron chi connectivity index (χ1n) is 2.73. The van der Waals surface area contributed by atoms with E-state index in [1.54, 1.807) is 12.3 Å². The summed E-state index contributed by atoms with van der Waals surface area (Å²) in [6.07, 6.45) is 3.47. The van der Waals surface area contributed by atoms with Crippen molar-refractivity contribution in [2.45, 2.75) is 11.8 Å². The quantitative estimate of drug-likeness (QED) is 0.443. The topological polar surface area (TPSA) is 78.4 Å². The van der Waals surface area contributed by atoms with Crippen molar-refractivity contribution in [2.24, 2.45) is 0 Å². The molecule has 10 heavy (non-hydrogen) atoms. The van der Waals surface area contributed by atoms with E-state index in [9.17, 15) is 8.42 Å². The lowest BCUT2D eigenvalue weighted by atomic mass is 10.4. The first-order valence-corrected chi connectivity index (χ1v) is 4.23. The zero-order chi connectivity index (χ0) is 7.61. The molecular formula is C4H8N2O3S. The average molecular weight is 164 g/mol. The van der Waals surface area contributed by atoms with Crippen LogP contribution >= 0.6 is 0 Å². The van der Waals surface area contributed by atoms with Gasteiger partial charge in [0, 0.05) is 12.6 Å². The molecule has 0 saturated carbocycles. The molecule has 1 aliphatic rings. The number of rotatable bonds is 1. The van der Waals surface area contributed by atoms with E-state index in [4.69, 9.17) is 4.55 Å². The lowest BCUT2D eigenvalue weighted by molar-refractivity contribution is 0.434. The Balaban J connectivity index is 2.67. The van der Waals surface area contributed by atoms with Gasteiger partial charge in [0.2, 0.25) is 0 Å². The van der Waals surface area contributed by atoms with Gasteiger partial charge in [-0.15, -0.1) is 0 Å². The maximum Gasteiger partial charge on any atom is 0.283 e. The minimum absolute atomic E-state index is 0.284. The van der Waals surface area contributed by atoms with Crippen molar-refractivity contribution in [3.05, 3.63) is 12.3 Å². The van der Waals surface area contributed by atoms with E-state index in [1.807, 2.05) is 0 Å². The second-order valence-electron chi connectivity index (χ2n) is 1.93. The van der Waals surface area contributed by atoms with Gasteiger partial charge < -0.3 is 5.43 Å². The van der Waals surface area contributed by atoms with Gasteiger partial charge in [0.05, 0.1) is 0 Å². The van der Waals surface area contributed by atoms with Gasteiger partial charge in [-0.2, -0.15) is 8.42 Å². The van der Waals surface area contributed by atoms with Crippen LogP contribution in [0.4, 0.5) is 0 Å². The van der Waals surface area contributed by atoms with Gasteiger partial charge in [-0.05, 0) is 0 Å². The third kappa shape index (κ3) is 1.69. The summed E-state index contributed by atoms with van der Waals surface area (Å²) >= 11 is 0. The Labute approximate surface area is 58.8 Å². The summed E-state index contributed by atoms with van der Waals surface area (Å²) in [6.45, 7) is 0. The van der Waals surface area contributed by atoms with Crippen molar-refractivity contribution in [3.63, 3.8) is 0 Å². The molecule has 1 rings (SSSR count). The number of hydrogen-bond acceptors (Lipinski definition) is 4. The van der Waals surface area contributed by atoms with Crippen molar-refractivity contribution in [1.29, 1.82) is 0 Å². The fourth-order valence-corrected chi connectivity index (χ4v) is 1.22. The molecule has 0 aromatic carbocycles. The van der Waals surface area contributed by atoms with Crippen LogP contribution in [-0.4, -0.2) is 18.3 Å². The molecule has 0 radical (unpaired) electrons. The molecule has 0 saturated heterocycles. The monoisotopic (exact) mass is 164 g/mol. The van der Waals surface area contributed by atoms with Crippen molar-refractivity contribution in [2.75, 3.05) is 0 Å². The summed E-state index contributed by atoms with van der Waals surface area (Å²) in [5.74, 6) is 0. The van der Waals surface area contributed by atoms with Crippen molar-refractivity contribution in [3.8, 4) is 0 Å². The third-order valence-electron chi connectivity index (χ3n) is 1.16. The molecule has 0 spiro atoms. The highest BCUT2D eigenvalue weighted by molar-refractivity contribution is 7.86. The molecular weight excluding hydrogens is 156 g/mol. The van der Waals surface area contributed by atoms with Crippen LogP contribution in [0.3, 0.4) is 0 Å². The van der Waals surface area contributed by atoms with Gasteiger partial charge in [0.1, 0.15) is 0 Å². The maximum atomic E-state index is 10.4. The van der Waals surface area contributed by atoms with Crippen LogP contribution in [-0.2, 0) is 10.1 Å². The highest BCUT2D eigenvalue weighted by Crippen LogP contribution is 2.02. The maximum absolute atomic E-state index is 10.4. The van der Waals surface area contributed by atoms with Crippen LogP contribution in [0.25, 0.3) is 0 Å². The second kappa shape index (κ2) is 2.57. The lowest BCUT2D eigenvalue weighted by Gasteiger charge is -2.16. The molecule has 1 unspecified atom stereocenters. The molecule has 1 atom stereocenters. The van der Waals surface area contributed by atoms with E-state index >= 15 is 0 Å². The van der Waals surface area contributed by atoms with Gasteiger partial charge in [-0.25, -0.2) is 5.43 Å². The highest BCUT2D eigenvalue weighted by Gasteiger charge is 2.21. The standard InChI is InChI=1S/C4H8N2O3S/c7-10(8,9)4-2-1-3-5-6-4/h1,3-6H,2H2,(H,7,8,9). The smallest absolute Gasteiger partial charge is 0.283 e. The minimum atomic E-state index is -3.95. The van der Waals surface area contributed by atoms with Gasteiger partial charge in [-0.3, -0.25) is 4.55 Å². The third-order valence-corrected chi connectivity index (χ3v) is 2.18. The first-order chi connectivity index (χ1) is 4.61. The zero-order valence-electron chi connectivity index (χ0n) is 5.11. The van der Waals surface area contributed by atoms with E-state index in [1.165, 1.54) is 0 Å². The average Bonchev–Trinajstić information content (AvgIpc) is 1.88. The van der Waals surface area contributed by atoms with Crippen LogP contribution in [0.1, 0.15) is 6.42 Å². The second-order valence-corrected chi connectivity index (χ2v) is 3.53. The highest BCUT2D eigenvalue weighted by atomic mass is 32.2. The fraction of sp³-hybridized carbons (Fsp3) is 0.500. The first kappa shape index (κ1) is 7.52. The minimum Gasteiger partial charge on any atom is -0.328 e. The van der Waals surface area contributed by atoms with E-state index in [-0.39, 0.29) is 6.42 Å². The van der Waals surface area contributed by atoms with E-state index in [2.05, 4.69) is 10.9 Å².